The van der Waals surface area contributed by atoms with Gasteiger partial charge in [-0.05, 0) is 36.8 Å². The molecule has 4 nitrogen and oxygen atoms in total. The standard InChI is InChI=1S/C14H19FN2O2/c1-9-3-4-10(2)13(7-9)16-12-6-5-11(15)8-14(12)17(18)19/h5-6,8-10,13,16H,3-4,7H2,1-2H3. The summed E-state index contributed by atoms with van der Waals surface area (Å²) in [5.41, 5.74) is 0.225. The van der Waals surface area contributed by atoms with Gasteiger partial charge in [0.25, 0.3) is 5.69 Å². The van der Waals surface area contributed by atoms with Gasteiger partial charge in [-0.1, -0.05) is 20.3 Å². The minimum Gasteiger partial charge on any atom is -0.376 e. The van der Waals surface area contributed by atoms with Gasteiger partial charge in [0.1, 0.15) is 11.5 Å². The van der Waals surface area contributed by atoms with E-state index in [9.17, 15) is 14.5 Å². The molecular formula is C14H19FN2O2. The topological polar surface area (TPSA) is 55.2 Å². The molecule has 104 valence electrons. The largest absolute Gasteiger partial charge is 0.376 e. The molecule has 0 saturated heterocycles. The van der Waals surface area contributed by atoms with Crippen molar-refractivity contribution < 1.29 is 9.31 Å². The lowest BCUT2D eigenvalue weighted by atomic mass is 9.80. The molecule has 1 aliphatic carbocycles. The third kappa shape index (κ3) is 3.22. The van der Waals surface area contributed by atoms with E-state index in [0.717, 1.165) is 18.9 Å². The summed E-state index contributed by atoms with van der Waals surface area (Å²) in [7, 11) is 0. The average Bonchev–Trinajstić information content (AvgIpc) is 2.35. The fraction of sp³-hybridized carbons (Fsp3) is 0.571. The summed E-state index contributed by atoms with van der Waals surface area (Å²) in [5, 5.41) is 14.2. The van der Waals surface area contributed by atoms with Crippen molar-refractivity contribution in [1.29, 1.82) is 0 Å². The Labute approximate surface area is 112 Å². The second kappa shape index (κ2) is 5.55. The first-order chi connectivity index (χ1) is 8.97. The number of benzene rings is 1. The molecule has 0 heterocycles. The first-order valence-corrected chi connectivity index (χ1v) is 6.68. The van der Waals surface area contributed by atoms with E-state index in [1.165, 1.54) is 18.6 Å². The van der Waals surface area contributed by atoms with Gasteiger partial charge in [0.05, 0.1) is 11.0 Å². The predicted molar refractivity (Wildman–Crippen MR) is 72.6 cm³/mol. The number of nitrogens with zero attached hydrogens (tertiary/aromatic N) is 1. The van der Waals surface area contributed by atoms with Crippen molar-refractivity contribution in [2.75, 3.05) is 5.32 Å². The fourth-order valence-electron chi connectivity index (χ4n) is 2.71. The number of rotatable bonds is 3. The Balaban J connectivity index is 2.20. The van der Waals surface area contributed by atoms with Gasteiger partial charge in [0, 0.05) is 6.04 Å². The first-order valence-electron chi connectivity index (χ1n) is 6.68. The van der Waals surface area contributed by atoms with E-state index < -0.39 is 10.7 Å². The van der Waals surface area contributed by atoms with Crippen LogP contribution in [0.1, 0.15) is 33.1 Å². The summed E-state index contributed by atoms with van der Waals surface area (Å²) in [4.78, 5) is 10.4. The molecule has 0 radical (unpaired) electrons. The van der Waals surface area contributed by atoms with Crippen LogP contribution in [0.15, 0.2) is 18.2 Å². The molecule has 0 aromatic heterocycles. The van der Waals surface area contributed by atoms with Crippen LogP contribution in [0.5, 0.6) is 0 Å². The second-order valence-corrected chi connectivity index (χ2v) is 5.56. The molecule has 0 aliphatic heterocycles. The molecule has 19 heavy (non-hydrogen) atoms. The lowest BCUT2D eigenvalue weighted by molar-refractivity contribution is -0.384. The Hall–Kier alpha value is -1.65. The predicted octanol–water partition coefficient (Wildman–Crippen LogP) is 3.97. The summed E-state index contributed by atoms with van der Waals surface area (Å²) < 4.78 is 13.1. The van der Waals surface area contributed by atoms with Crippen molar-refractivity contribution in [1.82, 2.24) is 0 Å². The number of hydrogen-bond donors (Lipinski definition) is 1. The van der Waals surface area contributed by atoms with Crippen LogP contribution < -0.4 is 5.32 Å². The molecule has 0 spiro atoms. The highest BCUT2D eigenvalue weighted by atomic mass is 19.1. The Morgan fingerprint density at radius 2 is 2.11 bits per heavy atom. The van der Waals surface area contributed by atoms with Crippen LogP contribution >= 0.6 is 0 Å². The fourth-order valence-corrected chi connectivity index (χ4v) is 2.71. The van der Waals surface area contributed by atoms with Crippen molar-refractivity contribution in [3.8, 4) is 0 Å². The molecular weight excluding hydrogens is 247 g/mol. The first kappa shape index (κ1) is 13.8. The quantitative estimate of drug-likeness (QED) is 0.665. The maximum atomic E-state index is 13.1. The molecule has 0 bridgehead atoms. The van der Waals surface area contributed by atoms with Gasteiger partial charge in [-0.3, -0.25) is 10.1 Å². The number of hydrogen-bond acceptors (Lipinski definition) is 3. The number of nitro benzene ring substituents is 1. The van der Waals surface area contributed by atoms with Gasteiger partial charge < -0.3 is 5.32 Å². The zero-order valence-corrected chi connectivity index (χ0v) is 11.2. The lowest BCUT2D eigenvalue weighted by Crippen LogP contribution is -2.33. The maximum absolute atomic E-state index is 13.1. The summed E-state index contributed by atoms with van der Waals surface area (Å²) in [5.74, 6) is 0.511. The van der Waals surface area contributed by atoms with E-state index in [2.05, 4.69) is 19.2 Å². The number of nitro groups is 1. The summed E-state index contributed by atoms with van der Waals surface area (Å²) in [6.45, 7) is 4.35. The zero-order valence-electron chi connectivity index (χ0n) is 11.2. The number of anilines is 1. The minimum absolute atomic E-state index is 0.189. The Bertz CT molecular complexity index is 479. The molecule has 3 unspecified atom stereocenters. The number of halogens is 1. The van der Waals surface area contributed by atoms with Crippen molar-refractivity contribution >= 4 is 11.4 Å². The SMILES string of the molecule is CC1CCC(C)C(Nc2ccc(F)cc2[N+](=O)[O-])C1. The van der Waals surface area contributed by atoms with Crippen LogP contribution in [0.25, 0.3) is 0 Å². The van der Waals surface area contributed by atoms with Crippen molar-refractivity contribution in [3.63, 3.8) is 0 Å². The van der Waals surface area contributed by atoms with Crippen LogP contribution in [-0.4, -0.2) is 11.0 Å². The normalized spacial score (nSPS) is 27.0. The van der Waals surface area contributed by atoms with E-state index in [1.807, 2.05) is 0 Å². The van der Waals surface area contributed by atoms with E-state index in [1.54, 1.807) is 0 Å². The van der Waals surface area contributed by atoms with Crippen LogP contribution in [0.3, 0.4) is 0 Å². The number of nitrogens with one attached hydrogen (secondary N) is 1. The third-order valence-electron chi connectivity index (χ3n) is 3.96. The monoisotopic (exact) mass is 266 g/mol. The molecule has 5 heteroatoms. The molecule has 1 aliphatic rings. The van der Waals surface area contributed by atoms with Crippen LogP contribution in [0.4, 0.5) is 15.8 Å². The average molecular weight is 266 g/mol. The highest BCUT2D eigenvalue weighted by Gasteiger charge is 2.27. The zero-order chi connectivity index (χ0) is 14.0. The van der Waals surface area contributed by atoms with E-state index in [4.69, 9.17) is 0 Å². The molecule has 1 aromatic rings. The third-order valence-corrected chi connectivity index (χ3v) is 3.96. The Morgan fingerprint density at radius 3 is 2.79 bits per heavy atom. The Kier molecular flexibility index (Phi) is 4.02. The van der Waals surface area contributed by atoms with Gasteiger partial charge in [0.2, 0.25) is 0 Å². The highest BCUT2D eigenvalue weighted by molar-refractivity contribution is 5.61. The molecule has 1 aromatic carbocycles. The van der Waals surface area contributed by atoms with Gasteiger partial charge in [-0.15, -0.1) is 0 Å². The van der Waals surface area contributed by atoms with Crippen molar-refractivity contribution in [3.05, 3.63) is 34.1 Å². The molecule has 1 saturated carbocycles. The minimum atomic E-state index is -0.581. The summed E-state index contributed by atoms with van der Waals surface area (Å²) >= 11 is 0. The second-order valence-electron chi connectivity index (χ2n) is 5.56. The maximum Gasteiger partial charge on any atom is 0.295 e. The van der Waals surface area contributed by atoms with Gasteiger partial charge in [-0.25, -0.2) is 4.39 Å². The van der Waals surface area contributed by atoms with Gasteiger partial charge in [-0.2, -0.15) is 0 Å². The van der Waals surface area contributed by atoms with Crippen molar-refractivity contribution in [2.45, 2.75) is 39.2 Å². The van der Waals surface area contributed by atoms with E-state index in [-0.39, 0.29) is 11.7 Å². The molecule has 2 rings (SSSR count). The van der Waals surface area contributed by atoms with E-state index >= 15 is 0 Å². The van der Waals surface area contributed by atoms with Crippen LogP contribution in [0, 0.1) is 27.8 Å². The highest BCUT2D eigenvalue weighted by Crippen LogP contribution is 2.33. The smallest absolute Gasteiger partial charge is 0.295 e. The summed E-state index contributed by atoms with van der Waals surface area (Å²) in [6, 6.07) is 3.90. The summed E-state index contributed by atoms with van der Waals surface area (Å²) in [6.07, 6.45) is 3.31. The Morgan fingerprint density at radius 1 is 1.37 bits per heavy atom. The lowest BCUT2D eigenvalue weighted by Gasteiger charge is -2.33. The van der Waals surface area contributed by atoms with Gasteiger partial charge >= 0.3 is 0 Å². The van der Waals surface area contributed by atoms with Gasteiger partial charge in [0.15, 0.2) is 0 Å². The molecule has 0 amide bonds. The van der Waals surface area contributed by atoms with Crippen LogP contribution in [0.2, 0.25) is 0 Å². The van der Waals surface area contributed by atoms with E-state index in [0.29, 0.717) is 17.5 Å². The molecule has 1 fully saturated rings. The van der Waals surface area contributed by atoms with Crippen molar-refractivity contribution in [2.24, 2.45) is 11.8 Å². The van der Waals surface area contributed by atoms with Crippen LogP contribution in [-0.2, 0) is 0 Å². The molecule has 1 N–H and O–H groups in total. The molecule has 3 atom stereocenters.